The number of allylic oxidation sites excluding steroid dienone is 1. The van der Waals surface area contributed by atoms with Crippen LogP contribution in [0, 0.1) is 34.0 Å². The highest BCUT2D eigenvalue weighted by atomic mass is 16.9. The second kappa shape index (κ2) is 5.22. The predicted octanol–water partition coefficient (Wildman–Crippen LogP) is 2.61. The molecule has 4 nitrogen and oxygen atoms in total. The summed E-state index contributed by atoms with van der Waals surface area (Å²) < 4.78 is 17.3. The molecule has 0 spiro atoms. The Labute approximate surface area is 120 Å². The predicted molar refractivity (Wildman–Crippen MR) is 74.2 cm³/mol. The van der Waals surface area contributed by atoms with Crippen molar-refractivity contribution < 1.29 is 14.2 Å². The lowest BCUT2D eigenvalue weighted by atomic mass is 9.63. The maximum atomic E-state index is 9.43. The van der Waals surface area contributed by atoms with Gasteiger partial charge in [0.1, 0.15) is 0 Å². The van der Waals surface area contributed by atoms with Gasteiger partial charge in [0.15, 0.2) is 6.10 Å². The highest BCUT2D eigenvalue weighted by Crippen LogP contribution is 2.52. The minimum Gasteiger partial charge on any atom is -0.323 e. The maximum absolute atomic E-state index is 9.43. The van der Waals surface area contributed by atoms with E-state index in [0.717, 1.165) is 6.42 Å². The Morgan fingerprint density at radius 2 is 1.95 bits per heavy atom. The molecule has 3 heterocycles. The van der Waals surface area contributed by atoms with Gasteiger partial charge in [-0.3, -0.25) is 0 Å². The van der Waals surface area contributed by atoms with E-state index < -0.39 is 17.5 Å². The van der Waals surface area contributed by atoms with Crippen molar-refractivity contribution in [2.75, 3.05) is 13.2 Å². The van der Waals surface area contributed by atoms with Crippen LogP contribution in [0.2, 0.25) is 0 Å². The quantitative estimate of drug-likeness (QED) is 0.690. The fourth-order valence-electron chi connectivity index (χ4n) is 2.45. The first-order valence-electron chi connectivity index (χ1n) is 6.90. The highest BCUT2D eigenvalue weighted by Gasteiger charge is 2.62. The summed E-state index contributed by atoms with van der Waals surface area (Å²) in [6, 6.07) is 2.26. The van der Waals surface area contributed by atoms with Crippen LogP contribution in [0.3, 0.4) is 0 Å². The molecule has 0 radical (unpaired) electrons. The van der Waals surface area contributed by atoms with Gasteiger partial charge in [-0.25, -0.2) is 0 Å². The highest BCUT2D eigenvalue weighted by molar-refractivity contribution is 5.19. The zero-order valence-corrected chi connectivity index (χ0v) is 12.5. The molecule has 3 aliphatic rings. The second-order valence-corrected chi connectivity index (χ2v) is 6.22. The molecule has 1 unspecified atom stereocenters. The van der Waals surface area contributed by atoms with Gasteiger partial charge < -0.3 is 14.2 Å². The molecule has 4 heteroatoms. The fourth-order valence-corrected chi connectivity index (χ4v) is 2.45. The molecular formula is C16H21NO3. The molecule has 108 valence electrons. The van der Waals surface area contributed by atoms with Gasteiger partial charge in [0, 0.05) is 12.5 Å². The SMILES string of the molecule is CCC#CC=CC12OCC(C(C)(C)C)(CO1)C(C#N)O2. The van der Waals surface area contributed by atoms with E-state index in [2.05, 4.69) is 38.7 Å². The van der Waals surface area contributed by atoms with E-state index in [1.54, 1.807) is 12.2 Å². The zero-order valence-electron chi connectivity index (χ0n) is 12.5. The Balaban J connectivity index is 2.23. The van der Waals surface area contributed by atoms with Crippen molar-refractivity contribution in [2.24, 2.45) is 10.8 Å². The Hall–Kier alpha value is -1.33. The molecule has 0 aromatic heterocycles. The van der Waals surface area contributed by atoms with Crippen molar-refractivity contribution in [3.63, 3.8) is 0 Å². The third-order valence-electron chi connectivity index (χ3n) is 4.11. The molecule has 0 saturated carbocycles. The molecule has 20 heavy (non-hydrogen) atoms. The van der Waals surface area contributed by atoms with Gasteiger partial charge in [-0.05, 0) is 11.5 Å². The van der Waals surface area contributed by atoms with E-state index in [0.29, 0.717) is 13.2 Å². The van der Waals surface area contributed by atoms with E-state index in [9.17, 15) is 5.26 Å². The van der Waals surface area contributed by atoms with Gasteiger partial charge >= 0.3 is 5.97 Å². The van der Waals surface area contributed by atoms with Gasteiger partial charge in [0.05, 0.1) is 24.7 Å². The average molecular weight is 275 g/mol. The van der Waals surface area contributed by atoms with Crippen LogP contribution >= 0.6 is 0 Å². The van der Waals surface area contributed by atoms with Crippen LogP contribution in [0.1, 0.15) is 34.1 Å². The number of hydrogen-bond acceptors (Lipinski definition) is 4. The van der Waals surface area contributed by atoms with Crippen molar-refractivity contribution in [3.05, 3.63) is 12.2 Å². The van der Waals surface area contributed by atoms with E-state index in [4.69, 9.17) is 14.2 Å². The third-order valence-corrected chi connectivity index (χ3v) is 4.11. The van der Waals surface area contributed by atoms with Crippen LogP contribution in [-0.2, 0) is 14.2 Å². The van der Waals surface area contributed by atoms with Crippen molar-refractivity contribution in [3.8, 4) is 17.9 Å². The summed E-state index contributed by atoms with van der Waals surface area (Å²) in [4.78, 5) is 0. The van der Waals surface area contributed by atoms with Crippen molar-refractivity contribution >= 4 is 0 Å². The Morgan fingerprint density at radius 1 is 1.30 bits per heavy atom. The van der Waals surface area contributed by atoms with Crippen molar-refractivity contribution in [1.82, 2.24) is 0 Å². The van der Waals surface area contributed by atoms with Gasteiger partial charge in [-0.1, -0.05) is 39.5 Å². The first kappa shape index (κ1) is 15.1. The minimum atomic E-state index is -1.25. The monoisotopic (exact) mass is 275 g/mol. The van der Waals surface area contributed by atoms with Gasteiger partial charge in [0.25, 0.3) is 0 Å². The molecule has 0 N–H and O–H groups in total. The summed E-state index contributed by atoms with van der Waals surface area (Å²) in [5, 5.41) is 9.43. The molecule has 0 amide bonds. The molecule has 3 fully saturated rings. The number of rotatable bonds is 1. The smallest absolute Gasteiger partial charge is 0.306 e. The molecule has 0 aromatic carbocycles. The van der Waals surface area contributed by atoms with Gasteiger partial charge in [-0.2, -0.15) is 5.26 Å². The van der Waals surface area contributed by atoms with E-state index in [-0.39, 0.29) is 5.41 Å². The molecular weight excluding hydrogens is 254 g/mol. The van der Waals surface area contributed by atoms with Crippen LogP contribution in [0.5, 0.6) is 0 Å². The number of hydrogen-bond donors (Lipinski definition) is 0. The first-order chi connectivity index (χ1) is 9.39. The van der Waals surface area contributed by atoms with Crippen molar-refractivity contribution in [2.45, 2.75) is 46.2 Å². The molecule has 3 aliphatic heterocycles. The summed E-state index contributed by atoms with van der Waals surface area (Å²) in [5.74, 6) is 4.55. The van der Waals surface area contributed by atoms with Gasteiger partial charge in [0.2, 0.25) is 0 Å². The van der Waals surface area contributed by atoms with Crippen LogP contribution in [0.4, 0.5) is 0 Å². The number of nitrogens with zero attached hydrogens (tertiary/aromatic N) is 1. The zero-order chi connectivity index (χ0) is 14.9. The Bertz CT molecular complexity index is 491. The molecule has 0 aromatic rings. The standard InChI is InChI=1S/C16H21NO3/c1-5-6-7-8-9-16-18-11-15(12-19-16,14(2,3)4)13(10-17)20-16/h8-9,13H,5,11-12H2,1-4H3. The lowest BCUT2D eigenvalue weighted by molar-refractivity contribution is -0.469. The largest absolute Gasteiger partial charge is 0.323 e. The fraction of sp³-hybridized carbons (Fsp3) is 0.688. The van der Waals surface area contributed by atoms with E-state index >= 15 is 0 Å². The van der Waals surface area contributed by atoms with Crippen LogP contribution in [0.25, 0.3) is 0 Å². The number of fused-ring (bicyclic) bond motifs is 3. The lowest BCUT2D eigenvalue weighted by Crippen LogP contribution is -2.67. The Morgan fingerprint density at radius 3 is 2.45 bits per heavy atom. The van der Waals surface area contributed by atoms with Crippen LogP contribution in [0.15, 0.2) is 12.2 Å². The average Bonchev–Trinajstić information content (AvgIpc) is 2.43. The van der Waals surface area contributed by atoms with E-state index in [1.165, 1.54) is 0 Å². The number of nitriles is 1. The summed E-state index contributed by atoms with van der Waals surface area (Å²) >= 11 is 0. The summed E-state index contributed by atoms with van der Waals surface area (Å²) in [6.45, 7) is 9.10. The third kappa shape index (κ3) is 2.36. The second-order valence-electron chi connectivity index (χ2n) is 6.22. The molecule has 2 bridgehead atoms. The van der Waals surface area contributed by atoms with Crippen molar-refractivity contribution in [1.29, 1.82) is 5.26 Å². The summed E-state index contributed by atoms with van der Waals surface area (Å²) in [7, 11) is 0. The maximum Gasteiger partial charge on any atom is 0.306 e. The summed E-state index contributed by atoms with van der Waals surface area (Å²) in [5.41, 5.74) is -0.585. The lowest BCUT2D eigenvalue weighted by Gasteiger charge is -2.58. The molecule has 3 saturated heterocycles. The normalized spacial score (nSPS) is 36.5. The van der Waals surface area contributed by atoms with Crippen LogP contribution < -0.4 is 0 Å². The number of ether oxygens (including phenoxy) is 3. The first-order valence-corrected chi connectivity index (χ1v) is 6.90. The minimum absolute atomic E-state index is 0.147. The molecule has 3 rings (SSSR count). The molecule has 1 atom stereocenters. The Kier molecular flexibility index (Phi) is 3.93. The molecule has 0 aliphatic carbocycles. The topological polar surface area (TPSA) is 51.5 Å². The van der Waals surface area contributed by atoms with Crippen LogP contribution in [-0.4, -0.2) is 25.3 Å². The van der Waals surface area contributed by atoms with Gasteiger partial charge in [-0.15, -0.1) is 0 Å². The van der Waals surface area contributed by atoms with E-state index in [1.807, 2.05) is 6.92 Å². The summed E-state index contributed by atoms with van der Waals surface area (Å²) in [6.07, 6.45) is 3.54.